The second-order valence-electron chi connectivity index (χ2n) is 3.67. The average molecular weight is 254 g/mol. The van der Waals surface area contributed by atoms with Crippen molar-refractivity contribution < 1.29 is 18.3 Å². The van der Waals surface area contributed by atoms with Crippen molar-refractivity contribution in [2.24, 2.45) is 0 Å². The van der Waals surface area contributed by atoms with Crippen LogP contribution in [-0.2, 0) is 6.18 Å². The number of alkyl halides is 3. The minimum Gasteiger partial charge on any atom is -0.508 e. The fourth-order valence-electron chi connectivity index (χ4n) is 1.60. The van der Waals surface area contributed by atoms with Crippen LogP contribution in [0.4, 0.5) is 18.9 Å². The molecule has 0 aliphatic carbocycles. The lowest BCUT2D eigenvalue weighted by Gasteiger charge is -2.13. The number of hydrogen-bond donors (Lipinski definition) is 2. The number of nitrogens with two attached hydrogens (primary N) is 1. The molecule has 0 saturated heterocycles. The van der Waals surface area contributed by atoms with E-state index < -0.39 is 11.7 Å². The maximum atomic E-state index is 12.8. The normalized spacial score (nSPS) is 11.5. The Hall–Kier alpha value is -2.24. The Morgan fingerprint density at radius 1 is 1.17 bits per heavy atom. The first-order valence-electron chi connectivity index (χ1n) is 5.00. The molecule has 94 valence electrons. The minimum atomic E-state index is -4.53. The van der Waals surface area contributed by atoms with E-state index in [0.29, 0.717) is 0 Å². The Morgan fingerprint density at radius 3 is 2.56 bits per heavy atom. The Kier molecular flexibility index (Phi) is 2.86. The van der Waals surface area contributed by atoms with Gasteiger partial charge in [-0.1, -0.05) is 0 Å². The summed E-state index contributed by atoms with van der Waals surface area (Å²) in [5, 5.41) is 9.33. The second kappa shape index (κ2) is 4.21. The molecule has 2 aromatic rings. The summed E-state index contributed by atoms with van der Waals surface area (Å²) < 4.78 is 38.5. The predicted molar refractivity (Wildman–Crippen MR) is 60.8 cm³/mol. The molecule has 0 amide bonds. The number of rotatable bonds is 1. The molecule has 3 N–H and O–H groups in total. The number of benzene rings is 1. The smallest absolute Gasteiger partial charge is 0.418 e. The number of phenolic OH excluding ortho intramolecular Hbond substituents is 1. The maximum absolute atomic E-state index is 12.8. The predicted octanol–water partition coefficient (Wildman–Crippen LogP) is 3.06. The van der Waals surface area contributed by atoms with Crippen molar-refractivity contribution in [1.29, 1.82) is 0 Å². The van der Waals surface area contributed by atoms with Gasteiger partial charge in [-0.25, -0.2) is 0 Å². The van der Waals surface area contributed by atoms with Crippen LogP contribution in [0.3, 0.4) is 0 Å². The number of hydrogen-bond acceptors (Lipinski definition) is 3. The van der Waals surface area contributed by atoms with Gasteiger partial charge in [-0.2, -0.15) is 13.2 Å². The SMILES string of the molecule is Nc1ccc(O)cc1-c1ncccc1C(F)(F)F. The van der Waals surface area contributed by atoms with Crippen LogP contribution >= 0.6 is 0 Å². The molecule has 1 aromatic carbocycles. The molecule has 0 aliphatic rings. The zero-order valence-corrected chi connectivity index (χ0v) is 9.07. The van der Waals surface area contributed by atoms with E-state index >= 15 is 0 Å². The van der Waals surface area contributed by atoms with Crippen molar-refractivity contribution in [3.05, 3.63) is 42.1 Å². The molecule has 3 nitrogen and oxygen atoms in total. The summed E-state index contributed by atoms with van der Waals surface area (Å²) in [6.07, 6.45) is -3.28. The van der Waals surface area contributed by atoms with Gasteiger partial charge in [-0.3, -0.25) is 4.98 Å². The van der Waals surface area contributed by atoms with Gasteiger partial charge in [0.1, 0.15) is 5.75 Å². The summed E-state index contributed by atoms with van der Waals surface area (Å²) in [5.41, 5.74) is 4.62. The molecule has 1 aromatic heterocycles. The summed E-state index contributed by atoms with van der Waals surface area (Å²) in [6, 6.07) is 5.92. The van der Waals surface area contributed by atoms with E-state index in [1.165, 1.54) is 24.4 Å². The molecule has 0 aliphatic heterocycles. The summed E-state index contributed by atoms with van der Waals surface area (Å²) in [7, 11) is 0. The molecule has 0 spiro atoms. The van der Waals surface area contributed by atoms with Crippen LogP contribution < -0.4 is 5.73 Å². The van der Waals surface area contributed by atoms with E-state index in [2.05, 4.69) is 4.98 Å². The van der Waals surface area contributed by atoms with Crippen LogP contribution in [-0.4, -0.2) is 10.1 Å². The third-order valence-corrected chi connectivity index (χ3v) is 2.41. The summed E-state index contributed by atoms with van der Waals surface area (Å²) >= 11 is 0. The van der Waals surface area contributed by atoms with Crippen LogP contribution in [0.2, 0.25) is 0 Å². The third-order valence-electron chi connectivity index (χ3n) is 2.41. The van der Waals surface area contributed by atoms with Gasteiger partial charge in [0.15, 0.2) is 0 Å². The Labute approximate surface area is 101 Å². The molecule has 1 heterocycles. The van der Waals surface area contributed by atoms with Gasteiger partial charge in [0.25, 0.3) is 0 Å². The van der Waals surface area contributed by atoms with Crippen molar-refractivity contribution in [2.45, 2.75) is 6.18 Å². The molecular formula is C12H9F3N2O. The van der Waals surface area contributed by atoms with E-state index in [-0.39, 0.29) is 22.7 Å². The lowest BCUT2D eigenvalue weighted by atomic mass is 10.0. The molecule has 0 unspecified atom stereocenters. The quantitative estimate of drug-likeness (QED) is 0.607. The van der Waals surface area contributed by atoms with Crippen molar-refractivity contribution in [1.82, 2.24) is 4.98 Å². The Bertz CT molecular complexity index is 582. The number of pyridine rings is 1. The highest BCUT2D eigenvalue weighted by Crippen LogP contribution is 2.38. The lowest BCUT2D eigenvalue weighted by Crippen LogP contribution is -2.08. The zero-order valence-electron chi connectivity index (χ0n) is 9.07. The fourth-order valence-corrected chi connectivity index (χ4v) is 1.60. The van der Waals surface area contributed by atoms with Crippen LogP contribution in [0.25, 0.3) is 11.3 Å². The van der Waals surface area contributed by atoms with Gasteiger partial charge in [0.05, 0.1) is 11.3 Å². The maximum Gasteiger partial charge on any atom is 0.418 e. The van der Waals surface area contributed by atoms with Crippen LogP contribution in [0.5, 0.6) is 5.75 Å². The van der Waals surface area contributed by atoms with Crippen LogP contribution in [0, 0.1) is 0 Å². The van der Waals surface area contributed by atoms with Crippen LogP contribution in [0.1, 0.15) is 5.56 Å². The third kappa shape index (κ3) is 2.22. The van der Waals surface area contributed by atoms with Gasteiger partial charge < -0.3 is 10.8 Å². The molecule has 0 radical (unpaired) electrons. The summed E-state index contributed by atoms with van der Waals surface area (Å²) in [5.74, 6) is -0.169. The lowest BCUT2D eigenvalue weighted by molar-refractivity contribution is -0.137. The van der Waals surface area contributed by atoms with E-state index in [9.17, 15) is 18.3 Å². The highest BCUT2D eigenvalue weighted by molar-refractivity contribution is 5.77. The zero-order chi connectivity index (χ0) is 13.3. The van der Waals surface area contributed by atoms with Gasteiger partial charge in [-0.05, 0) is 30.3 Å². The van der Waals surface area contributed by atoms with Crippen molar-refractivity contribution in [3.63, 3.8) is 0 Å². The standard InChI is InChI=1S/C12H9F3N2O/c13-12(14,15)9-2-1-5-17-11(9)8-6-7(18)3-4-10(8)16/h1-6,18H,16H2. The molecule has 0 bridgehead atoms. The molecule has 6 heteroatoms. The van der Waals surface area contributed by atoms with Gasteiger partial charge in [0, 0.05) is 17.4 Å². The minimum absolute atomic E-state index is 0.0583. The first-order chi connectivity index (χ1) is 8.39. The highest BCUT2D eigenvalue weighted by atomic mass is 19.4. The average Bonchev–Trinajstić information content (AvgIpc) is 2.31. The molecule has 0 fully saturated rings. The van der Waals surface area contributed by atoms with Gasteiger partial charge >= 0.3 is 6.18 Å². The van der Waals surface area contributed by atoms with Gasteiger partial charge in [0.2, 0.25) is 0 Å². The molecule has 2 rings (SSSR count). The topological polar surface area (TPSA) is 59.1 Å². The number of aromatic nitrogens is 1. The molecule has 0 atom stereocenters. The number of anilines is 1. The Morgan fingerprint density at radius 2 is 1.89 bits per heavy atom. The fraction of sp³-hybridized carbons (Fsp3) is 0.0833. The largest absolute Gasteiger partial charge is 0.508 e. The monoisotopic (exact) mass is 254 g/mol. The summed E-state index contributed by atoms with van der Waals surface area (Å²) in [6.45, 7) is 0. The highest BCUT2D eigenvalue weighted by Gasteiger charge is 2.34. The number of nitrogen functional groups attached to an aromatic ring is 1. The second-order valence-corrected chi connectivity index (χ2v) is 3.67. The van der Waals surface area contributed by atoms with E-state index in [4.69, 9.17) is 5.73 Å². The van der Waals surface area contributed by atoms with Gasteiger partial charge in [-0.15, -0.1) is 0 Å². The number of halogens is 3. The van der Waals surface area contributed by atoms with Crippen molar-refractivity contribution >= 4 is 5.69 Å². The Balaban J connectivity index is 2.68. The number of nitrogens with zero attached hydrogens (tertiary/aromatic N) is 1. The van der Waals surface area contributed by atoms with Crippen molar-refractivity contribution in [2.75, 3.05) is 5.73 Å². The van der Waals surface area contributed by atoms with E-state index in [0.717, 1.165) is 12.1 Å². The molecule has 0 saturated carbocycles. The van der Waals surface area contributed by atoms with E-state index in [1.54, 1.807) is 0 Å². The van der Waals surface area contributed by atoms with Crippen molar-refractivity contribution in [3.8, 4) is 17.0 Å². The van der Waals surface area contributed by atoms with E-state index in [1.807, 2.05) is 0 Å². The first-order valence-corrected chi connectivity index (χ1v) is 5.00. The van der Waals surface area contributed by atoms with Crippen LogP contribution in [0.15, 0.2) is 36.5 Å². The first kappa shape index (κ1) is 12.2. The number of aromatic hydroxyl groups is 1. The summed E-state index contributed by atoms with van der Waals surface area (Å²) in [4.78, 5) is 3.71. The molecule has 18 heavy (non-hydrogen) atoms. The molecular weight excluding hydrogens is 245 g/mol. The number of phenols is 1.